The Hall–Kier alpha value is -3.59. The van der Waals surface area contributed by atoms with Crippen molar-refractivity contribution in [1.82, 2.24) is 4.57 Å². The summed E-state index contributed by atoms with van der Waals surface area (Å²) < 4.78 is 19.3. The minimum absolute atomic E-state index is 0.231. The third-order valence-electron chi connectivity index (χ3n) is 6.64. The summed E-state index contributed by atoms with van der Waals surface area (Å²) in [5.41, 5.74) is 1.43. The van der Waals surface area contributed by atoms with Crippen molar-refractivity contribution >= 4 is 29.3 Å². The molecule has 200 valence electrons. The molecule has 1 fully saturated rings. The second-order valence-corrected chi connectivity index (χ2v) is 10.8. The van der Waals surface area contributed by atoms with Gasteiger partial charge in [0.2, 0.25) is 0 Å². The summed E-state index contributed by atoms with van der Waals surface area (Å²) in [5.74, 6) is 1.68. The molecule has 3 aromatic rings. The molecular formula is C29H33N3O5S. The maximum absolute atomic E-state index is 13.8. The molecule has 0 saturated carbocycles. The van der Waals surface area contributed by atoms with E-state index in [0.717, 1.165) is 43.1 Å². The van der Waals surface area contributed by atoms with Crippen molar-refractivity contribution in [2.45, 2.75) is 59.1 Å². The molecule has 1 atom stereocenters. The molecule has 2 aliphatic rings. The lowest BCUT2D eigenvalue weighted by Gasteiger charge is -2.25. The molecule has 2 aromatic heterocycles. The van der Waals surface area contributed by atoms with E-state index in [1.807, 2.05) is 43.3 Å². The minimum Gasteiger partial charge on any atom is -0.494 e. The van der Waals surface area contributed by atoms with Crippen LogP contribution in [0.1, 0.15) is 64.3 Å². The third kappa shape index (κ3) is 5.20. The zero-order chi connectivity index (χ0) is 26.8. The summed E-state index contributed by atoms with van der Waals surface area (Å²) in [4.78, 5) is 34.5. The van der Waals surface area contributed by atoms with Crippen molar-refractivity contribution < 1.29 is 18.7 Å². The third-order valence-corrected chi connectivity index (χ3v) is 7.63. The van der Waals surface area contributed by atoms with Crippen LogP contribution in [0, 0.1) is 0 Å². The number of aromatic nitrogens is 1. The second-order valence-electron chi connectivity index (χ2n) is 9.76. The summed E-state index contributed by atoms with van der Waals surface area (Å²) in [5, 5.41) is 0. The van der Waals surface area contributed by atoms with Gasteiger partial charge in [-0.05, 0) is 70.7 Å². The number of anilines is 1. The smallest absolute Gasteiger partial charge is 0.338 e. The fourth-order valence-electron chi connectivity index (χ4n) is 4.92. The first-order chi connectivity index (χ1) is 18.4. The second kappa shape index (κ2) is 11.0. The highest BCUT2D eigenvalue weighted by Crippen LogP contribution is 2.32. The van der Waals surface area contributed by atoms with Crippen LogP contribution >= 0.6 is 11.3 Å². The monoisotopic (exact) mass is 535 g/mol. The fraction of sp³-hybridized carbons (Fsp3) is 0.414. The molecule has 9 heteroatoms. The molecule has 0 radical (unpaired) electrons. The number of carbonyl (C=O) groups is 1. The van der Waals surface area contributed by atoms with Crippen molar-refractivity contribution in [3.05, 3.63) is 78.7 Å². The van der Waals surface area contributed by atoms with E-state index in [1.165, 1.54) is 17.8 Å². The number of carbonyl (C=O) groups excluding carboxylic acids is 1. The zero-order valence-electron chi connectivity index (χ0n) is 22.2. The average Bonchev–Trinajstić information content (AvgIpc) is 3.48. The van der Waals surface area contributed by atoms with Gasteiger partial charge in [0.1, 0.15) is 11.5 Å². The van der Waals surface area contributed by atoms with Crippen LogP contribution in [0.4, 0.5) is 5.88 Å². The first-order valence-corrected chi connectivity index (χ1v) is 14.0. The standard InChI is InChI=1S/C29H33N3O5S/c1-5-35-21-11-9-20(10-12-21)26-25(28(34)36-18(2)3)19(4)30-29-32(26)27(33)23(38-29)17-22-13-14-24(37-22)31-15-7-6-8-16-31/h9-14,17-18,26H,5-8,15-16H2,1-4H3/b23-17+/t26-/m0/s1. The van der Waals surface area contributed by atoms with Crippen LogP contribution < -0.4 is 24.5 Å². The molecule has 1 saturated heterocycles. The van der Waals surface area contributed by atoms with Gasteiger partial charge in [0.15, 0.2) is 10.7 Å². The topological polar surface area (TPSA) is 86.3 Å². The number of rotatable bonds is 7. The number of piperidine rings is 1. The van der Waals surface area contributed by atoms with Crippen LogP contribution in [-0.4, -0.2) is 36.3 Å². The summed E-state index contributed by atoms with van der Waals surface area (Å²) in [6.07, 6.45) is 5.01. The van der Waals surface area contributed by atoms with Crippen LogP contribution in [0.25, 0.3) is 6.08 Å². The number of fused-ring (bicyclic) bond motifs is 1. The van der Waals surface area contributed by atoms with Crippen LogP contribution in [0.5, 0.6) is 5.75 Å². The van der Waals surface area contributed by atoms with E-state index in [4.69, 9.17) is 13.9 Å². The van der Waals surface area contributed by atoms with Gasteiger partial charge < -0.3 is 18.8 Å². The Balaban J connectivity index is 1.59. The molecule has 5 rings (SSSR count). The molecule has 2 aliphatic heterocycles. The van der Waals surface area contributed by atoms with Crippen molar-refractivity contribution in [2.24, 2.45) is 4.99 Å². The molecule has 1 aromatic carbocycles. The highest BCUT2D eigenvalue weighted by atomic mass is 32.1. The molecule has 4 heterocycles. The van der Waals surface area contributed by atoms with Gasteiger partial charge in [-0.2, -0.15) is 0 Å². The van der Waals surface area contributed by atoms with Gasteiger partial charge in [-0.1, -0.05) is 23.5 Å². The van der Waals surface area contributed by atoms with E-state index in [-0.39, 0.29) is 11.7 Å². The minimum atomic E-state index is -0.671. The number of nitrogens with zero attached hydrogens (tertiary/aromatic N) is 3. The van der Waals surface area contributed by atoms with Gasteiger partial charge >= 0.3 is 5.97 Å². The number of esters is 1. The summed E-state index contributed by atoms with van der Waals surface area (Å²) in [7, 11) is 0. The number of benzene rings is 1. The lowest BCUT2D eigenvalue weighted by molar-refractivity contribution is -0.143. The predicted molar refractivity (Wildman–Crippen MR) is 147 cm³/mol. The Kier molecular flexibility index (Phi) is 7.56. The van der Waals surface area contributed by atoms with Crippen LogP contribution in [0.3, 0.4) is 0 Å². The number of furan rings is 1. The predicted octanol–water partition coefficient (Wildman–Crippen LogP) is 4.17. The number of thiazole rings is 1. The van der Waals surface area contributed by atoms with E-state index in [0.29, 0.717) is 33.0 Å². The number of hydrogen-bond acceptors (Lipinski definition) is 8. The lowest BCUT2D eigenvalue weighted by Crippen LogP contribution is -2.40. The first-order valence-electron chi connectivity index (χ1n) is 13.2. The molecule has 0 spiro atoms. The number of allylic oxidation sites excluding steroid dienone is 1. The van der Waals surface area contributed by atoms with E-state index in [9.17, 15) is 9.59 Å². The van der Waals surface area contributed by atoms with E-state index in [2.05, 4.69) is 9.89 Å². The van der Waals surface area contributed by atoms with Crippen LogP contribution in [-0.2, 0) is 9.53 Å². The Morgan fingerprint density at radius 1 is 1.16 bits per heavy atom. The molecule has 0 unspecified atom stereocenters. The highest BCUT2D eigenvalue weighted by molar-refractivity contribution is 7.07. The molecule has 0 N–H and O–H groups in total. The normalized spacial score (nSPS) is 18.0. The average molecular weight is 536 g/mol. The maximum atomic E-state index is 13.8. The largest absolute Gasteiger partial charge is 0.494 e. The van der Waals surface area contributed by atoms with Crippen molar-refractivity contribution in [2.75, 3.05) is 24.6 Å². The molecule has 38 heavy (non-hydrogen) atoms. The van der Waals surface area contributed by atoms with Gasteiger partial charge in [0.05, 0.1) is 34.6 Å². The van der Waals surface area contributed by atoms with Crippen molar-refractivity contribution in [3.8, 4) is 5.75 Å². The van der Waals surface area contributed by atoms with Crippen molar-refractivity contribution in [3.63, 3.8) is 0 Å². The molecule has 8 nitrogen and oxygen atoms in total. The molecule has 0 bridgehead atoms. The Bertz CT molecular complexity index is 1520. The zero-order valence-corrected chi connectivity index (χ0v) is 23.0. The molecule has 0 aliphatic carbocycles. The van der Waals surface area contributed by atoms with Gasteiger partial charge in [-0.15, -0.1) is 0 Å². The van der Waals surface area contributed by atoms with E-state index in [1.54, 1.807) is 31.4 Å². The Morgan fingerprint density at radius 3 is 2.58 bits per heavy atom. The summed E-state index contributed by atoms with van der Waals surface area (Å²) in [6.45, 7) is 9.82. The lowest BCUT2D eigenvalue weighted by atomic mass is 9.96. The first kappa shape index (κ1) is 26.0. The number of hydrogen-bond donors (Lipinski definition) is 0. The quantitative estimate of drug-likeness (QED) is 0.422. The van der Waals surface area contributed by atoms with Crippen LogP contribution in [0.15, 0.2) is 61.9 Å². The maximum Gasteiger partial charge on any atom is 0.338 e. The fourth-order valence-corrected chi connectivity index (χ4v) is 5.95. The Morgan fingerprint density at radius 2 is 1.89 bits per heavy atom. The van der Waals surface area contributed by atoms with Gasteiger partial charge in [0, 0.05) is 25.2 Å². The van der Waals surface area contributed by atoms with E-state index < -0.39 is 12.0 Å². The van der Waals surface area contributed by atoms with Gasteiger partial charge in [-0.25, -0.2) is 9.79 Å². The van der Waals surface area contributed by atoms with E-state index >= 15 is 0 Å². The molecule has 0 amide bonds. The number of ether oxygens (including phenoxy) is 2. The Labute approximate surface area is 225 Å². The van der Waals surface area contributed by atoms with Gasteiger partial charge in [0.25, 0.3) is 5.56 Å². The van der Waals surface area contributed by atoms with Gasteiger partial charge in [-0.3, -0.25) is 9.36 Å². The van der Waals surface area contributed by atoms with Crippen molar-refractivity contribution in [1.29, 1.82) is 0 Å². The SMILES string of the molecule is CCOc1ccc([C@H]2C(C(=O)OC(C)C)=C(C)N=c3s/c(=C/c4ccc(N5CCCCC5)o4)c(=O)n32)cc1. The highest BCUT2D eigenvalue weighted by Gasteiger charge is 2.33. The summed E-state index contributed by atoms with van der Waals surface area (Å²) >= 11 is 1.29. The molecular weight excluding hydrogens is 502 g/mol. The summed E-state index contributed by atoms with van der Waals surface area (Å²) in [6, 6.07) is 10.6. The van der Waals surface area contributed by atoms with Crippen LogP contribution in [0.2, 0.25) is 0 Å².